The van der Waals surface area contributed by atoms with Crippen LogP contribution < -0.4 is 15.3 Å². The Morgan fingerprint density at radius 2 is 1.74 bits per heavy atom. The first kappa shape index (κ1) is 14.8. The summed E-state index contributed by atoms with van der Waals surface area (Å²) < 4.78 is 0. The molecule has 0 aliphatic rings. The molecule has 102 valence electrons. The van der Waals surface area contributed by atoms with E-state index in [1.807, 2.05) is 0 Å². The molecule has 0 bridgehead atoms. The zero-order valence-corrected chi connectivity index (χ0v) is 10.9. The number of hydrogen-bond acceptors (Lipinski definition) is 4. The largest absolute Gasteiger partial charge is 0.544 e. The van der Waals surface area contributed by atoms with Crippen LogP contribution in [0.3, 0.4) is 0 Å². The van der Waals surface area contributed by atoms with Crippen LogP contribution in [0.15, 0.2) is 24.3 Å². The Balaban J connectivity index is 2.62. The Morgan fingerprint density at radius 3 is 2.21 bits per heavy atom. The molecule has 1 amide bonds. The van der Waals surface area contributed by atoms with Gasteiger partial charge < -0.3 is 20.1 Å². The van der Waals surface area contributed by atoms with Crippen LogP contribution in [-0.4, -0.2) is 37.8 Å². The second kappa shape index (κ2) is 6.65. The van der Waals surface area contributed by atoms with E-state index in [0.29, 0.717) is 16.2 Å². The van der Waals surface area contributed by atoms with Crippen molar-refractivity contribution in [2.24, 2.45) is 0 Å². The lowest BCUT2D eigenvalue weighted by Gasteiger charge is -2.13. The summed E-state index contributed by atoms with van der Waals surface area (Å²) in [6, 6.07) is 6.45. The zero-order valence-electron chi connectivity index (χ0n) is 10.9. The molecule has 0 radical (unpaired) electrons. The molecule has 0 aliphatic carbocycles. The average Bonchev–Trinajstić information content (AvgIpc) is 2.27. The molecule has 0 aliphatic heterocycles. The first-order valence-electron chi connectivity index (χ1n) is 5.80. The van der Waals surface area contributed by atoms with E-state index in [9.17, 15) is 19.5 Å². The topological polar surface area (TPSA) is 90.7 Å². The number of carbonyl (C=O) groups is 3. The number of quaternary nitrogens is 1. The van der Waals surface area contributed by atoms with Gasteiger partial charge in [-0.05, 0) is 24.3 Å². The van der Waals surface area contributed by atoms with Crippen LogP contribution >= 0.6 is 0 Å². The maximum absolute atomic E-state index is 11.8. The van der Waals surface area contributed by atoms with Gasteiger partial charge in [0.05, 0.1) is 13.0 Å². The van der Waals surface area contributed by atoms with E-state index in [4.69, 9.17) is 0 Å². The molecule has 1 atom stereocenters. The van der Waals surface area contributed by atoms with Crippen molar-refractivity contribution in [1.29, 1.82) is 0 Å². The van der Waals surface area contributed by atoms with Gasteiger partial charge in [-0.2, -0.15) is 0 Å². The minimum absolute atomic E-state index is 0.0768. The molecule has 0 saturated carbocycles. The number of carbonyl (C=O) groups excluding carboxylic acids is 3. The average molecular weight is 264 g/mol. The second-order valence-electron chi connectivity index (χ2n) is 4.36. The van der Waals surface area contributed by atoms with Crippen LogP contribution in [0.4, 0.5) is 5.69 Å². The van der Waals surface area contributed by atoms with Gasteiger partial charge in [0.25, 0.3) is 0 Å². The number of anilines is 1. The molecule has 19 heavy (non-hydrogen) atoms. The van der Waals surface area contributed by atoms with E-state index in [1.54, 1.807) is 31.3 Å². The number of aliphatic carboxylic acids is 1. The summed E-state index contributed by atoms with van der Waals surface area (Å²) in [5.74, 6) is -1.53. The lowest BCUT2D eigenvalue weighted by Crippen LogP contribution is -3.11. The van der Waals surface area contributed by atoms with Crippen LogP contribution in [0.1, 0.15) is 17.3 Å². The molecule has 1 unspecified atom stereocenters. The Bertz CT molecular complexity index is 482. The number of Topliss-reactive ketones (excluding diaryl/α,β-unsaturated/α-hetero) is 1. The third-order valence-electron chi connectivity index (χ3n) is 2.44. The molecule has 0 aromatic heterocycles. The van der Waals surface area contributed by atoms with Crippen LogP contribution in [0.25, 0.3) is 0 Å². The van der Waals surface area contributed by atoms with Crippen molar-refractivity contribution in [2.75, 3.05) is 25.5 Å². The third-order valence-corrected chi connectivity index (χ3v) is 2.44. The molecular formula is C13H16N2O4. The molecule has 1 aromatic rings. The normalized spacial score (nSPS) is 11.7. The van der Waals surface area contributed by atoms with E-state index >= 15 is 0 Å². The van der Waals surface area contributed by atoms with Crippen LogP contribution in [-0.2, 0) is 9.59 Å². The van der Waals surface area contributed by atoms with Gasteiger partial charge in [0.1, 0.15) is 13.1 Å². The fraction of sp³-hybridized carbons (Fsp3) is 0.308. The molecule has 1 rings (SSSR count). The third kappa shape index (κ3) is 5.31. The molecule has 6 nitrogen and oxygen atoms in total. The number of amides is 1. The van der Waals surface area contributed by atoms with Gasteiger partial charge >= 0.3 is 0 Å². The number of hydrogen-bond donors (Lipinski definition) is 2. The van der Waals surface area contributed by atoms with Gasteiger partial charge in [-0.3, -0.25) is 9.59 Å². The highest BCUT2D eigenvalue weighted by atomic mass is 16.4. The molecule has 0 heterocycles. The minimum atomic E-state index is -1.19. The Morgan fingerprint density at radius 1 is 1.16 bits per heavy atom. The van der Waals surface area contributed by atoms with Gasteiger partial charge in [-0.1, -0.05) is 0 Å². The first-order chi connectivity index (χ1) is 8.88. The highest BCUT2D eigenvalue weighted by molar-refractivity contribution is 5.97. The van der Waals surface area contributed by atoms with Crippen LogP contribution in [0.5, 0.6) is 0 Å². The quantitative estimate of drug-likeness (QED) is 0.587. The first-order valence-corrected chi connectivity index (χ1v) is 5.80. The van der Waals surface area contributed by atoms with E-state index in [1.165, 1.54) is 6.92 Å². The summed E-state index contributed by atoms with van der Waals surface area (Å²) >= 11 is 0. The maximum atomic E-state index is 11.8. The minimum Gasteiger partial charge on any atom is -0.544 e. The number of rotatable bonds is 6. The Labute approximate surface area is 111 Å². The number of nitrogens with one attached hydrogen (secondary N) is 2. The molecule has 0 fully saturated rings. The lowest BCUT2D eigenvalue weighted by atomic mass is 10.1. The number of likely N-dealkylation sites (N-methyl/N-ethyl adjacent to an activating group) is 1. The summed E-state index contributed by atoms with van der Waals surface area (Å²) in [5.41, 5.74) is 1.09. The fourth-order valence-electron chi connectivity index (χ4n) is 1.63. The number of ketones is 1. The standard InChI is InChI=1S/C13H16N2O4/c1-9(16)14-11-5-3-10(4-6-11)12(17)7-15(2)8-13(18)19/h3-6H,7-8H2,1-2H3,(H,14,16)(H,18,19). The van der Waals surface area contributed by atoms with E-state index in [0.717, 1.165) is 0 Å². The fourth-order valence-corrected chi connectivity index (χ4v) is 1.63. The summed E-state index contributed by atoms with van der Waals surface area (Å²) in [5, 5.41) is 13.0. The van der Waals surface area contributed by atoms with Crippen molar-refractivity contribution in [3.05, 3.63) is 29.8 Å². The van der Waals surface area contributed by atoms with Gasteiger partial charge in [0.2, 0.25) is 11.7 Å². The van der Waals surface area contributed by atoms with Crippen molar-refractivity contribution < 1.29 is 24.4 Å². The van der Waals surface area contributed by atoms with E-state index in [-0.39, 0.29) is 24.8 Å². The van der Waals surface area contributed by atoms with Gasteiger partial charge in [-0.15, -0.1) is 0 Å². The van der Waals surface area contributed by atoms with Gasteiger partial charge in [-0.25, -0.2) is 0 Å². The maximum Gasteiger partial charge on any atom is 0.221 e. The van der Waals surface area contributed by atoms with E-state index < -0.39 is 5.97 Å². The highest BCUT2D eigenvalue weighted by Gasteiger charge is 2.12. The predicted molar refractivity (Wildman–Crippen MR) is 66.7 cm³/mol. The molecule has 0 spiro atoms. The SMILES string of the molecule is CC(=O)Nc1ccc(C(=O)C[NH+](C)CC(=O)[O-])cc1. The Kier molecular flexibility index (Phi) is 5.20. The highest BCUT2D eigenvalue weighted by Crippen LogP contribution is 2.09. The van der Waals surface area contributed by atoms with Crippen molar-refractivity contribution in [3.8, 4) is 0 Å². The Hall–Kier alpha value is -2.21. The predicted octanol–water partition coefficient (Wildman–Crippen LogP) is -1.91. The number of carboxylic acids is 1. The zero-order chi connectivity index (χ0) is 14.4. The van der Waals surface area contributed by atoms with Crippen molar-refractivity contribution in [2.45, 2.75) is 6.92 Å². The van der Waals surface area contributed by atoms with E-state index in [2.05, 4.69) is 5.32 Å². The number of carboxylic acid groups (broad SMARTS) is 1. The smallest absolute Gasteiger partial charge is 0.221 e. The summed E-state index contributed by atoms with van der Waals surface area (Å²) in [6.07, 6.45) is 0. The molecule has 6 heteroatoms. The monoisotopic (exact) mass is 264 g/mol. The number of benzene rings is 1. The summed E-state index contributed by atoms with van der Waals surface area (Å²) in [7, 11) is 1.61. The summed E-state index contributed by atoms with van der Waals surface area (Å²) in [6.45, 7) is 1.26. The van der Waals surface area contributed by atoms with Gasteiger partial charge in [0.15, 0.2) is 0 Å². The molecular weight excluding hydrogens is 248 g/mol. The molecule has 1 aromatic carbocycles. The van der Waals surface area contributed by atoms with Crippen molar-refractivity contribution >= 4 is 23.3 Å². The lowest BCUT2D eigenvalue weighted by molar-refractivity contribution is -0.864. The second-order valence-corrected chi connectivity index (χ2v) is 4.36. The van der Waals surface area contributed by atoms with Crippen LogP contribution in [0, 0.1) is 0 Å². The summed E-state index contributed by atoms with van der Waals surface area (Å²) in [4.78, 5) is 33.6. The van der Waals surface area contributed by atoms with Crippen molar-refractivity contribution in [1.82, 2.24) is 0 Å². The van der Waals surface area contributed by atoms with Gasteiger partial charge in [0, 0.05) is 18.2 Å². The van der Waals surface area contributed by atoms with Crippen LogP contribution in [0.2, 0.25) is 0 Å². The van der Waals surface area contributed by atoms with Crippen molar-refractivity contribution in [3.63, 3.8) is 0 Å². The molecule has 2 N–H and O–H groups in total. The molecule has 0 saturated heterocycles.